The summed E-state index contributed by atoms with van der Waals surface area (Å²) in [7, 11) is 2.69. The molecule has 0 spiro atoms. The zero-order valence-corrected chi connectivity index (χ0v) is 14.2. The number of ketones is 1. The van der Waals surface area contributed by atoms with Crippen molar-refractivity contribution in [2.24, 2.45) is 0 Å². The van der Waals surface area contributed by atoms with E-state index in [1.807, 2.05) is 0 Å². The van der Waals surface area contributed by atoms with Crippen LogP contribution < -0.4 is 0 Å². The fraction of sp³-hybridized carbons (Fsp3) is 0.158. The summed E-state index contributed by atoms with van der Waals surface area (Å²) in [6.07, 6.45) is 1.41. The molecule has 1 N–H and O–H groups in total. The number of halogens is 1. The standard InChI is InChI=1S/C19H18FNO4/c1-11(13-5-7-15(20)8-6-13)17(12(2)24-3)18(22)14-9-16(21-10-14)19(23)25-4/h5-10,21H,1H2,2-4H3/b17-12+. The van der Waals surface area contributed by atoms with Gasteiger partial charge in [-0.3, -0.25) is 4.79 Å². The second kappa shape index (κ2) is 7.61. The number of benzene rings is 1. The highest BCUT2D eigenvalue weighted by atomic mass is 19.1. The fourth-order valence-electron chi connectivity index (χ4n) is 2.30. The maximum absolute atomic E-state index is 13.1. The monoisotopic (exact) mass is 343 g/mol. The van der Waals surface area contributed by atoms with Gasteiger partial charge in [0, 0.05) is 11.8 Å². The number of aromatic amines is 1. The molecule has 2 aromatic rings. The van der Waals surface area contributed by atoms with E-state index in [9.17, 15) is 14.0 Å². The number of Topliss-reactive ketones (excluding diaryl/α,β-unsaturated/α-hetero) is 1. The molecule has 2 rings (SSSR count). The zero-order chi connectivity index (χ0) is 18.6. The van der Waals surface area contributed by atoms with Gasteiger partial charge in [0.15, 0.2) is 5.78 Å². The summed E-state index contributed by atoms with van der Waals surface area (Å²) < 4.78 is 23.0. The third kappa shape index (κ3) is 3.85. The van der Waals surface area contributed by atoms with E-state index in [0.29, 0.717) is 16.9 Å². The minimum Gasteiger partial charge on any atom is -0.501 e. The molecule has 0 amide bonds. The summed E-state index contributed by atoms with van der Waals surface area (Å²) in [5, 5.41) is 0. The molecule has 0 aliphatic carbocycles. The SMILES string of the molecule is C=C(/C(C(=O)c1c[nH]c(C(=O)OC)c1)=C(/C)OC)c1ccc(F)cc1. The molecule has 0 fully saturated rings. The maximum atomic E-state index is 13.1. The number of esters is 1. The van der Waals surface area contributed by atoms with Gasteiger partial charge in [-0.15, -0.1) is 0 Å². The lowest BCUT2D eigenvalue weighted by Gasteiger charge is -2.13. The maximum Gasteiger partial charge on any atom is 0.354 e. The summed E-state index contributed by atoms with van der Waals surface area (Å²) in [5.74, 6) is -0.976. The van der Waals surface area contributed by atoms with Gasteiger partial charge in [-0.05, 0) is 36.3 Å². The number of hydrogen-bond acceptors (Lipinski definition) is 4. The van der Waals surface area contributed by atoms with E-state index in [1.165, 1.54) is 50.7 Å². The molecule has 0 atom stereocenters. The van der Waals surface area contributed by atoms with Crippen molar-refractivity contribution in [1.29, 1.82) is 0 Å². The van der Waals surface area contributed by atoms with Crippen LogP contribution in [-0.4, -0.2) is 31.0 Å². The fourth-order valence-corrected chi connectivity index (χ4v) is 2.30. The van der Waals surface area contributed by atoms with Gasteiger partial charge in [0.1, 0.15) is 17.3 Å². The van der Waals surface area contributed by atoms with Crippen LogP contribution in [0.5, 0.6) is 0 Å². The number of aromatic nitrogens is 1. The average molecular weight is 343 g/mol. The van der Waals surface area contributed by atoms with Gasteiger partial charge in [0.2, 0.25) is 0 Å². The Morgan fingerprint density at radius 3 is 2.28 bits per heavy atom. The van der Waals surface area contributed by atoms with Crippen molar-refractivity contribution in [2.75, 3.05) is 14.2 Å². The van der Waals surface area contributed by atoms with Crippen LogP contribution in [0.1, 0.15) is 33.3 Å². The Morgan fingerprint density at radius 2 is 1.72 bits per heavy atom. The van der Waals surface area contributed by atoms with Crippen LogP contribution in [-0.2, 0) is 9.47 Å². The van der Waals surface area contributed by atoms with E-state index in [1.54, 1.807) is 6.92 Å². The molecule has 6 heteroatoms. The number of methoxy groups -OCH3 is 2. The Kier molecular flexibility index (Phi) is 5.54. The summed E-state index contributed by atoms with van der Waals surface area (Å²) in [4.78, 5) is 27.1. The zero-order valence-electron chi connectivity index (χ0n) is 14.2. The number of carbonyl (C=O) groups excluding carboxylic acids is 2. The van der Waals surface area contributed by atoms with E-state index in [2.05, 4.69) is 16.3 Å². The van der Waals surface area contributed by atoms with Gasteiger partial charge >= 0.3 is 5.97 Å². The van der Waals surface area contributed by atoms with E-state index in [-0.39, 0.29) is 28.4 Å². The molecular weight excluding hydrogens is 325 g/mol. The lowest BCUT2D eigenvalue weighted by atomic mass is 9.93. The van der Waals surface area contributed by atoms with Crippen LogP contribution in [0.2, 0.25) is 0 Å². The van der Waals surface area contributed by atoms with Gasteiger partial charge < -0.3 is 14.5 Å². The second-order valence-corrected chi connectivity index (χ2v) is 5.24. The van der Waals surface area contributed by atoms with Gasteiger partial charge in [0.25, 0.3) is 0 Å². The molecule has 0 unspecified atom stereocenters. The third-order valence-corrected chi connectivity index (χ3v) is 3.73. The Hall–Kier alpha value is -3.15. The van der Waals surface area contributed by atoms with E-state index < -0.39 is 5.97 Å². The van der Waals surface area contributed by atoms with Crippen molar-refractivity contribution >= 4 is 17.3 Å². The highest BCUT2D eigenvalue weighted by molar-refractivity contribution is 6.19. The average Bonchev–Trinajstić information content (AvgIpc) is 3.11. The Labute approximate surface area is 144 Å². The number of ether oxygens (including phenoxy) is 2. The van der Waals surface area contributed by atoms with Crippen LogP contribution >= 0.6 is 0 Å². The number of rotatable bonds is 6. The quantitative estimate of drug-likeness (QED) is 0.285. The van der Waals surface area contributed by atoms with Crippen LogP contribution in [0.15, 0.2) is 54.4 Å². The van der Waals surface area contributed by atoms with Crippen LogP contribution in [0, 0.1) is 5.82 Å². The number of carbonyl (C=O) groups is 2. The smallest absolute Gasteiger partial charge is 0.354 e. The molecule has 130 valence electrons. The molecule has 0 aliphatic rings. The van der Waals surface area contributed by atoms with Gasteiger partial charge in [-0.2, -0.15) is 0 Å². The number of nitrogens with one attached hydrogen (secondary N) is 1. The van der Waals surface area contributed by atoms with Crippen molar-refractivity contribution in [1.82, 2.24) is 4.98 Å². The summed E-state index contributed by atoms with van der Waals surface area (Å²) >= 11 is 0. The third-order valence-electron chi connectivity index (χ3n) is 3.73. The van der Waals surface area contributed by atoms with E-state index >= 15 is 0 Å². The summed E-state index contributed by atoms with van der Waals surface area (Å²) in [6.45, 7) is 5.58. The molecule has 1 heterocycles. The second-order valence-electron chi connectivity index (χ2n) is 5.24. The van der Waals surface area contributed by atoms with Crippen LogP contribution in [0.3, 0.4) is 0 Å². The number of allylic oxidation sites excluding steroid dienone is 3. The molecule has 0 saturated carbocycles. The highest BCUT2D eigenvalue weighted by Crippen LogP contribution is 2.28. The van der Waals surface area contributed by atoms with Crippen molar-refractivity contribution in [3.05, 3.63) is 77.1 Å². The minimum atomic E-state index is -0.578. The largest absolute Gasteiger partial charge is 0.501 e. The first-order valence-corrected chi connectivity index (χ1v) is 7.40. The van der Waals surface area contributed by atoms with Crippen molar-refractivity contribution in [3.8, 4) is 0 Å². The summed E-state index contributed by atoms with van der Waals surface area (Å²) in [5.41, 5.74) is 1.64. The predicted octanol–water partition coefficient (Wildman–Crippen LogP) is 3.76. The molecule has 25 heavy (non-hydrogen) atoms. The number of H-pyrrole nitrogens is 1. The lowest BCUT2D eigenvalue weighted by Crippen LogP contribution is -2.08. The molecule has 1 aromatic carbocycles. The Bertz CT molecular complexity index is 847. The first-order valence-electron chi connectivity index (χ1n) is 7.40. The van der Waals surface area contributed by atoms with Gasteiger partial charge in [-0.1, -0.05) is 18.7 Å². The van der Waals surface area contributed by atoms with Crippen LogP contribution in [0.4, 0.5) is 4.39 Å². The van der Waals surface area contributed by atoms with Crippen molar-refractivity contribution < 1.29 is 23.5 Å². The van der Waals surface area contributed by atoms with E-state index in [4.69, 9.17) is 4.74 Å². The number of hydrogen-bond donors (Lipinski definition) is 1. The van der Waals surface area contributed by atoms with Gasteiger partial charge in [-0.25, -0.2) is 9.18 Å². The molecule has 5 nitrogen and oxygen atoms in total. The summed E-state index contributed by atoms with van der Waals surface area (Å²) in [6, 6.07) is 7.04. The van der Waals surface area contributed by atoms with E-state index in [0.717, 1.165) is 0 Å². The Morgan fingerprint density at radius 1 is 1.08 bits per heavy atom. The van der Waals surface area contributed by atoms with Gasteiger partial charge in [0.05, 0.1) is 19.8 Å². The highest BCUT2D eigenvalue weighted by Gasteiger charge is 2.22. The van der Waals surface area contributed by atoms with Crippen LogP contribution in [0.25, 0.3) is 5.57 Å². The topological polar surface area (TPSA) is 68.4 Å². The first kappa shape index (κ1) is 18.2. The predicted molar refractivity (Wildman–Crippen MR) is 91.6 cm³/mol. The normalized spacial score (nSPS) is 11.5. The molecule has 0 radical (unpaired) electrons. The van der Waals surface area contributed by atoms with Crippen molar-refractivity contribution in [2.45, 2.75) is 6.92 Å². The molecule has 0 saturated heterocycles. The Balaban J connectivity index is 2.43. The molecule has 0 aliphatic heterocycles. The molecule has 0 bridgehead atoms. The molecular formula is C19H18FNO4. The molecule has 1 aromatic heterocycles. The first-order chi connectivity index (χ1) is 11.9. The minimum absolute atomic E-state index is 0.160. The van der Waals surface area contributed by atoms with Crippen molar-refractivity contribution in [3.63, 3.8) is 0 Å². The lowest BCUT2D eigenvalue weighted by molar-refractivity contribution is 0.0595.